The molecule has 0 aliphatic carbocycles. The Balaban J connectivity index is 2.16. The number of hydrogen-bond donors (Lipinski definition) is 0. The zero-order valence-electron chi connectivity index (χ0n) is 8.03. The van der Waals surface area contributed by atoms with E-state index in [0.29, 0.717) is 5.56 Å². The summed E-state index contributed by atoms with van der Waals surface area (Å²) in [5, 5.41) is 21.6. The van der Waals surface area contributed by atoms with Crippen molar-refractivity contribution in [2.45, 2.75) is 0 Å². The summed E-state index contributed by atoms with van der Waals surface area (Å²) in [5.41, 5.74) is 1.55. The van der Waals surface area contributed by atoms with Crippen molar-refractivity contribution in [1.82, 2.24) is 19.8 Å². The van der Waals surface area contributed by atoms with Gasteiger partial charge in [-0.3, -0.25) is 0 Å². The van der Waals surface area contributed by atoms with E-state index in [1.54, 1.807) is 16.9 Å². The highest BCUT2D eigenvalue weighted by Crippen LogP contribution is 2.24. The van der Waals surface area contributed by atoms with Gasteiger partial charge in [0.1, 0.15) is 11.3 Å². The molecule has 3 rings (SSSR count). The van der Waals surface area contributed by atoms with E-state index in [-0.39, 0.29) is 0 Å². The minimum absolute atomic E-state index is 0.628. The minimum Gasteiger partial charge on any atom is -0.192 e. The van der Waals surface area contributed by atoms with Crippen LogP contribution in [0.1, 0.15) is 5.56 Å². The van der Waals surface area contributed by atoms with Crippen LogP contribution in [0.15, 0.2) is 30.6 Å². The Kier molecular flexibility index (Phi) is 1.91. The lowest BCUT2D eigenvalue weighted by Crippen LogP contribution is -1.83. The second-order valence-electron chi connectivity index (χ2n) is 3.16. The number of nitrogens with zero attached hydrogens (tertiary/aromatic N) is 5. The van der Waals surface area contributed by atoms with Crippen LogP contribution >= 0.6 is 11.3 Å². The maximum atomic E-state index is 8.81. The fraction of sp³-hybridized carbons (Fsp3) is 0. The average molecular weight is 227 g/mol. The van der Waals surface area contributed by atoms with E-state index in [2.05, 4.69) is 21.4 Å². The van der Waals surface area contributed by atoms with Crippen LogP contribution in [-0.4, -0.2) is 19.8 Å². The van der Waals surface area contributed by atoms with Gasteiger partial charge in [-0.1, -0.05) is 23.5 Å². The third kappa shape index (κ3) is 1.34. The van der Waals surface area contributed by atoms with Crippen LogP contribution in [0, 0.1) is 11.3 Å². The Hall–Kier alpha value is -2.26. The molecule has 0 aliphatic heterocycles. The van der Waals surface area contributed by atoms with Gasteiger partial charge in [0.2, 0.25) is 4.96 Å². The normalized spacial score (nSPS) is 10.4. The van der Waals surface area contributed by atoms with Crippen LogP contribution in [0.4, 0.5) is 0 Å². The van der Waals surface area contributed by atoms with E-state index in [1.165, 1.54) is 11.3 Å². The highest BCUT2D eigenvalue weighted by Gasteiger charge is 2.07. The van der Waals surface area contributed by atoms with E-state index >= 15 is 0 Å². The largest absolute Gasteiger partial charge is 0.234 e. The predicted molar refractivity (Wildman–Crippen MR) is 58.8 cm³/mol. The molecule has 0 N–H and O–H groups in total. The zero-order chi connectivity index (χ0) is 11.0. The monoisotopic (exact) mass is 227 g/mol. The summed E-state index contributed by atoms with van der Waals surface area (Å²) in [6, 6.07) is 9.45. The first-order chi connectivity index (χ1) is 7.86. The summed E-state index contributed by atoms with van der Waals surface area (Å²) < 4.78 is 1.62. The maximum Gasteiger partial charge on any atom is 0.234 e. The van der Waals surface area contributed by atoms with Crippen molar-refractivity contribution in [1.29, 1.82) is 5.26 Å². The van der Waals surface area contributed by atoms with E-state index in [9.17, 15) is 0 Å². The SMILES string of the molecule is N#Cc1cccc(-c2nn3cnnc3s2)c1. The Morgan fingerprint density at radius 1 is 1.38 bits per heavy atom. The second kappa shape index (κ2) is 3.40. The molecule has 6 heteroatoms. The molecule has 0 atom stereocenters. The molecule has 0 aliphatic rings. The van der Waals surface area contributed by atoms with Crippen LogP contribution < -0.4 is 0 Å². The molecule has 0 spiro atoms. The lowest BCUT2D eigenvalue weighted by molar-refractivity contribution is 0.960. The summed E-state index contributed by atoms with van der Waals surface area (Å²) in [5.74, 6) is 0. The molecule has 2 aromatic heterocycles. The van der Waals surface area contributed by atoms with Crippen LogP contribution in [0.25, 0.3) is 15.5 Å². The number of nitriles is 1. The van der Waals surface area contributed by atoms with Gasteiger partial charge in [0, 0.05) is 5.56 Å². The molecule has 76 valence electrons. The van der Waals surface area contributed by atoms with E-state index < -0.39 is 0 Å². The molecule has 5 nitrogen and oxygen atoms in total. The topological polar surface area (TPSA) is 66.9 Å². The fourth-order valence-electron chi connectivity index (χ4n) is 1.40. The quantitative estimate of drug-likeness (QED) is 0.635. The molecule has 0 fully saturated rings. The number of rotatable bonds is 1. The molecule has 0 saturated heterocycles. The van der Waals surface area contributed by atoms with Gasteiger partial charge in [-0.05, 0) is 12.1 Å². The summed E-state index contributed by atoms with van der Waals surface area (Å²) in [7, 11) is 0. The Bertz CT molecular complexity index is 662. The highest BCUT2D eigenvalue weighted by atomic mass is 32.1. The smallest absolute Gasteiger partial charge is 0.192 e. The molecule has 16 heavy (non-hydrogen) atoms. The average Bonchev–Trinajstić information content (AvgIpc) is 2.89. The van der Waals surface area contributed by atoms with Gasteiger partial charge in [0.15, 0.2) is 0 Å². The zero-order valence-corrected chi connectivity index (χ0v) is 8.85. The van der Waals surface area contributed by atoms with Crippen molar-refractivity contribution in [2.24, 2.45) is 0 Å². The van der Waals surface area contributed by atoms with Crippen molar-refractivity contribution in [2.75, 3.05) is 0 Å². The lowest BCUT2D eigenvalue weighted by atomic mass is 10.1. The standard InChI is InChI=1S/C10H5N5S/c11-5-7-2-1-3-8(4-7)9-14-15-6-12-13-10(15)16-9/h1-4,6H. The molecule has 1 aromatic carbocycles. The molecular weight excluding hydrogens is 222 g/mol. The van der Waals surface area contributed by atoms with Gasteiger partial charge in [-0.2, -0.15) is 14.9 Å². The maximum absolute atomic E-state index is 8.81. The number of hydrogen-bond acceptors (Lipinski definition) is 5. The summed E-state index contributed by atoms with van der Waals surface area (Å²) in [4.78, 5) is 0.748. The van der Waals surface area contributed by atoms with Crippen LogP contribution in [0.3, 0.4) is 0 Å². The summed E-state index contributed by atoms with van der Waals surface area (Å²) >= 11 is 1.45. The third-order valence-corrected chi connectivity index (χ3v) is 3.09. The van der Waals surface area contributed by atoms with Crippen LogP contribution in [-0.2, 0) is 0 Å². The van der Waals surface area contributed by atoms with Gasteiger partial charge < -0.3 is 0 Å². The van der Waals surface area contributed by atoms with Crippen molar-refractivity contribution in [3.8, 4) is 16.6 Å². The first-order valence-corrected chi connectivity index (χ1v) is 5.36. The predicted octanol–water partition coefficient (Wildman–Crippen LogP) is 1.72. The number of fused-ring (bicyclic) bond motifs is 1. The first kappa shape index (κ1) is 9.00. The first-order valence-electron chi connectivity index (χ1n) is 4.54. The van der Waals surface area contributed by atoms with Crippen molar-refractivity contribution in [3.05, 3.63) is 36.2 Å². The van der Waals surface area contributed by atoms with Gasteiger partial charge >= 0.3 is 0 Å². The molecule has 2 heterocycles. The Morgan fingerprint density at radius 2 is 2.31 bits per heavy atom. The molecule has 0 unspecified atom stereocenters. The van der Waals surface area contributed by atoms with E-state index in [1.807, 2.05) is 18.2 Å². The van der Waals surface area contributed by atoms with Crippen molar-refractivity contribution >= 4 is 16.3 Å². The number of benzene rings is 1. The molecule has 0 bridgehead atoms. The van der Waals surface area contributed by atoms with E-state index in [4.69, 9.17) is 5.26 Å². The summed E-state index contributed by atoms with van der Waals surface area (Å²) in [6.45, 7) is 0. The Morgan fingerprint density at radius 3 is 3.12 bits per heavy atom. The Labute approximate surface area is 94.6 Å². The van der Waals surface area contributed by atoms with Crippen molar-refractivity contribution < 1.29 is 0 Å². The van der Waals surface area contributed by atoms with Gasteiger partial charge in [-0.15, -0.1) is 10.2 Å². The summed E-state index contributed by atoms with van der Waals surface area (Å²) in [6.07, 6.45) is 1.56. The second-order valence-corrected chi connectivity index (χ2v) is 4.11. The molecule has 0 amide bonds. The highest BCUT2D eigenvalue weighted by molar-refractivity contribution is 7.19. The van der Waals surface area contributed by atoms with Crippen LogP contribution in [0.2, 0.25) is 0 Å². The number of aromatic nitrogens is 4. The van der Waals surface area contributed by atoms with Gasteiger partial charge in [0.25, 0.3) is 0 Å². The third-order valence-electron chi connectivity index (χ3n) is 2.13. The fourth-order valence-corrected chi connectivity index (χ4v) is 2.21. The van der Waals surface area contributed by atoms with Gasteiger partial charge in [0.05, 0.1) is 11.6 Å². The molecule has 0 radical (unpaired) electrons. The molecular formula is C10H5N5S. The lowest BCUT2D eigenvalue weighted by Gasteiger charge is -1.94. The minimum atomic E-state index is 0.628. The van der Waals surface area contributed by atoms with E-state index in [0.717, 1.165) is 15.5 Å². The van der Waals surface area contributed by atoms with Gasteiger partial charge in [-0.25, -0.2) is 0 Å². The van der Waals surface area contributed by atoms with Crippen molar-refractivity contribution in [3.63, 3.8) is 0 Å². The molecule has 0 saturated carbocycles. The van der Waals surface area contributed by atoms with Crippen LogP contribution in [0.5, 0.6) is 0 Å². The molecule has 3 aromatic rings.